The van der Waals surface area contributed by atoms with E-state index in [2.05, 4.69) is 17.1 Å². The highest BCUT2D eigenvalue weighted by Crippen LogP contribution is 2.33. The lowest BCUT2D eigenvalue weighted by atomic mass is 9.87. The maximum Gasteiger partial charge on any atom is 0.311 e. The van der Waals surface area contributed by atoms with Gasteiger partial charge < -0.3 is 24.4 Å². The van der Waals surface area contributed by atoms with E-state index >= 15 is 0 Å². The number of nitrogens with one attached hydrogen (secondary N) is 1. The second-order valence-electron chi connectivity index (χ2n) is 8.73. The number of hydrogen-bond donors (Lipinski definition) is 1. The summed E-state index contributed by atoms with van der Waals surface area (Å²) in [6.07, 6.45) is 2.67. The topological polar surface area (TPSA) is 77.1 Å². The highest BCUT2D eigenvalue weighted by molar-refractivity contribution is 5.98. The van der Waals surface area contributed by atoms with E-state index in [9.17, 15) is 9.59 Å². The minimum absolute atomic E-state index is 0.0668. The third-order valence-corrected chi connectivity index (χ3v) is 6.61. The van der Waals surface area contributed by atoms with Gasteiger partial charge in [-0.15, -0.1) is 0 Å². The van der Waals surface area contributed by atoms with Crippen LogP contribution in [-0.2, 0) is 14.3 Å². The van der Waals surface area contributed by atoms with Crippen LogP contribution < -0.4 is 15.0 Å². The Bertz CT molecular complexity index is 790. The maximum atomic E-state index is 13.1. The number of ether oxygens (including phenoxy) is 3. The number of cyclic esters (lactones) is 1. The third kappa shape index (κ3) is 5.32. The fraction of sp³-hybridized carbons (Fsp3) is 0.667. The largest absolute Gasteiger partial charge is 0.497 e. The number of hydrogen-bond acceptors (Lipinski definition) is 6. The number of amides is 1. The van der Waals surface area contributed by atoms with Gasteiger partial charge in [-0.25, -0.2) is 0 Å². The number of methoxy groups -OCH3 is 1. The van der Waals surface area contributed by atoms with Gasteiger partial charge in [0.05, 0.1) is 19.1 Å². The summed E-state index contributed by atoms with van der Waals surface area (Å²) in [5.41, 5.74) is 2.50. The minimum atomic E-state index is -0.320. The summed E-state index contributed by atoms with van der Waals surface area (Å²) in [5, 5.41) is 2.97. The van der Waals surface area contributed by atoms with Crippen molar-refractivity contribution < 1.29 is 23.8 Å². The number of rotatable bonds is 7. The zero-order valence-electron chi connectivity index (χ0n) is 19.4. The number of carbonyl (C=O) groups excluding carboxylic acids is 2. The van der Waals surface area contributed by atoms with Crippen molar-refractivity contribution in [1.82, 2.24) is 5.32 Å². The summed E-state index contributed by atoms with van der Waals surface area (Å²) in [6, 6.07) is 4.16. The average molecular weight is 433 g/mol. The van der Waals surface area contributed by atoms with Gasteiger partial charge in [0.1, 0.15) is 5.75 Å². The molecule has 2 aliphatic rings. The van der Waals surface area contributed by atoms with Crippen molar-refractivity contribution in [3.63, 3.8) is 0 Å². The molecular weight excluding hydrogens is 396 g/mol. The quantitative estimate of drug-likeness (QED) is 0.666. The number of nitrogens with zero attached hydrogens (tertiary/aromatic N) is 1. The van der Waals surface area contributed by atoms with Crippen LogP contribution in [0.3, 0.4) is 0 Å². The second-order valence-corrected chi connectivity index (χ2v) is 8.73. The van der Waals surface area contributed by atoms with Crippen molar-refractivity contribution in [2.75, 3.05) is 38.3 Å². The average Bonchev–Trinajstić information content (AvgIpc) is 2.75. The molecule has 2 saturated heterocycles. The summed E-state index contributed by atoms with van der Waals surface area (Å²) >= 11 is 0. The lowest BCUT2D eigenvalue weighted by molar-refractivity contribution is -0.162. The van der Waals surface area contributed by atoms with Crippen molar-refractivity contribution in [2.45, 2.75) is 59.1 Å². The van der Waals surface area contributed by atoms with Gasteiger partial charge in [0.25, 0.3) is 5.91 Å². The van der Waals surface area contributed by atoms with Crippen molar-refractivity contribution >= 4 is 17.6 Å². The number of carbonyl (C=O) groups is 2. The molecule has 0 radical (unpaired) electrons. The molecule has 172 valence electrons. The number of anilines is 1. The first kappa shape index (κ1) is 23.4. The number of esters is 1. The maximum absolute atomic E-state index is 13.1. The molecule has 0 spiro atoms. The van der Waals surface area contributed by atoms with Crippen LogP contribution in [0.25, 0.3) is 0 Å². The Kier molecular flexibility index (Phi) is 7.81. The zero-order chi connectivity index (χ0) is 22.5. The molecule has 0 bridgehead atoms. The molecule has 2 aliphatic heterocycles. The van der Waals surface area contributed by atoms with Crippen molar-refractivity contribution in [1.29, 1.82) is 0 Å². The van der Waals surface area contributed by atoms with Gasteiger partial charge in [0, 0.05) is 49.7 Å². The van der Waals surface area contributed by atoms with Crippen LogP contribution in [0.15, 0.2) is 12.1 Å². The number of benzene rings is 1. The van der Waals surface area contributed by atoms with Gasteiger partial charge in [0.2, 0.25) is 0 Å². The molecule has 7 nitrogen and oxygen atoms in total. The molecule has 3 rings (SSSR count). The standard InChI is InChI=1S/C24H36N2O5/c1-6-26(18-7-9-30-10-8-18)22-13-19(29-5)12-20(17(22)4)23(27)25-14-21-15(2)11-16(3)31-24(21)28/h12-13,15-16,18,21H,6-11,14H2,1-5H3,(H,25,27). The summed E-state index contributed by atoms with van der Waals surface area (Å²) in [6.45, 7) is 10.7. The third-order valence-electron chi connectivity index (χ3n) is 6.61. The highest BCUT2D eigenvalue weighted by Gasteiger charge is 2.34. The molecule has 2 fully saturated rings. The summed E-state index contributed by atoms with van der Waals surface area (Å²) in [7, 11) is 1.61. The first-order valence-corrected chi connectivity index (χ1v) is 11.4. The molecule has 0 saturated carbocycles. The first-order chi connectivity index (χ1) is 14.8. The van der Waals surface area contributed by atoms with E-state index < -0.39 is 0 Å². The minimum Gasteiger partial charge on any atom is -0.497 e. The summed E-state index contributed by atoms with van der Waals surface area (Å²) < 4.78 is 16.4. The van der Waals surface area contributed by atoms with Gasteiger partial charge in [-0.3, -0.25) is 9.59 Å². The predicted molar refractivity (Wildman–Crippen MR) is 120 cm³/mol. The summed E-state index contributed by atoms with van der Waals surface area (Å²) in [5.74, 6) is 0.0728. The van der Waals surface area contributed by atoms with E-state index in [1.54, 1.807) is 13.2 Å². The van der Waals surface area contributed by atoms with Gasteiger partial charge >= 0.3 is 5.97 Å². The Morgan fingerprint density at radius 3 is 2.58 bits per heavy atom. The van der Waals surface area contributed by atoms with Crippen molar-refractivity contribution in [3.05, 3.63) is 23.3 Å². The molecule has 0 aliphatic carbocycles. The lowest BCUT2D eigenvalue weighted by Gasteiger charge is -2.36. The lowest BCUT2D eigenvalue weighted by Crippen LogP contribution is -2.43. The van der Waals surface area contributed by atoms with Gasteiger partial charge in [-0.05, 0) is 57.6 Å². The van der Waals surface area contributed by atoms with Crippen LogP contribution in [0.5, 0.6) is 5.75 Å². The fourth-order valence-corrected chi connectivity index (χ4v) is 4.78. The molecular formula is C24H36N2O5. The van der Waals surface area contributed by atoms with Crippen LogP contribution in [0.4, 0.5) is 5.69 Å². The molecule has 3 atom stereocenters. The molecule has 7 heteroatoms. The first-order valence-electron chi connectivity index (χ1n) is 11.4. The molecule has 2 heterocycles. The molecule has 1 amide bonds. The van der Waals surface area contributed by atoms with Gasteiger partial charge in [-0.2, -0.15) is 0 Å². The normalized spacial score (nSPS) is 24.4. The Labute approximate surface area is 185 Å². The molecule has 1 aromatic rings. The van der Waals surface area contributed by atoms with Crippen LogP contribution in [0.2, 0.25) is 0 Å². The zero-order valence-corrected chi connectivity index (χ0v) is 19.4. The molecule has 31 heavy (non-hydrogen) atoms. The Balaban J connectivity index is 1.80. The Morgan fingerprint density at radius 1 is 1.26 bits per heavy atom. The van der Waals surface area contributed by atoms with Gasteiger partial charge in [0.15, 0.2) is 0 Å². The SMILES string of the molecule is CCN(c1cc(OC)cc(C(=O)NCC2C(=O)OC(C)CC2C)c1C)C1CCOCC1. The van der Waals surface area contributed by atoms with E-state index in [4.69, 9.17) is 14.2 Å². The molecule has 0 aromatic heterocycles. The molecule has 1 aromatic carbocycles. The van der Waals surface area contributed by atoms with E-state index in [1.807, 2.05) is 26.8 Å². The molecule has 3 unspecified atom stereocenters. The van der Waals surface area contributed by atoms with E-state index in [0.29, 0.717) is 17.4 Å². The predicted octanol–water partition coefficient (Wildman–Crippen LogP) is 3.33. The Morgan fingerprint density at radius 2 is 1.97 bits per heavy atom. The van der Waals surface area contributed by atoms with Crippen LogP contribution in [0, 0.1) is 18.8 Å². The monoisotopic (exact) mass is 432 g/mol. The smallest absolute Gasteiger partial charge is 0.311 e. The van der Waals surface area contributed by atoms with E-state index in [1.165, 1.54) is 0 Å². The van der Waals surface area contributed by atoms with Gasteiger partial charge in [-0.1, -0.05) is 6.92 Å². The van der Waals surface area contributed by atoms with E-state index in [0.717, 1.165) is 50.3 Å². The van der Waals surface area contributed by atoms with Crippen LogP contribution in [-0.4, -0.2) is 57.4 Å². The molecule has 1 N–H and O–H groups in total. The fourth-order valence-electron chi connectivity index (χ4n) is 4.78. The highest BCUT2D eigenvalue weighted by atomic mass is 16.5. The van der Waals surface area contributed by atoms with Crippen molar-refractivity contribution in [2.24, 2.45) is 11.8 Å². The van der Waals surface area contributed by atoms with Crippen LogP contribution in [0.1, 0.15) is 56.0 Å². The second kappa shape index (κ2) is 10.4. The Hall–Kier alpha value is -2.28. The van der Waals surface area contributed by atoms with E-state index in [-0.39, 0.29) is 36.4 Å². The summed E-state index contributed by atoms with van der Waals surface area (Å²) in [4.78, 5) is 27.8. The van der Waals surface area contributed by atoms with Crippen molar-refractivity contribution in [3.8, 4) is 5.75 Å². The van der Waals surface area contributed by atoms with Crippen LogP contribution >= 0.6 is 0 Å².